The minimum atomic E-state index is -3.61. The molecule has 1 aliphatic carbocycles. The van der Waals surface area contributed by atoms with Crippen molar-refractivity contribution in [2.24, 2.45) is 5.14 Å². The van der Waals surface area contributed by atoms with Gasteiger partial charge in [-0.3, -0.25) is 0 Å². The quantitative estimate of drug-likeness (QED) is 0.845. The minimum Gasteiger partial charge on any atom is -0.382 e. The number of benzene rings is 1. The Morgan fingerprint density at radius 1 is 1.33 bits per heavy atom. The topological polar surface area (TPSA) is 81.4 Å². The fraction of sp³-hybridized carbons (Fsp3) is 0.500. The molecule has 0 amide bonds. The van der Waals surface area contributed by atoms with Crippen molar-refractivity contribution in [3.8, 4) is 0 Å². The number of hydrogen-bond acceptors (Lipinski definition) is 4. The average Bonchev–Trinajstić information content (AvgIpc) is 2.28. The highest BCUT2D eigenvalue weighted by Gasteiger charge is 2.36. The predicted octanol–water partition coefficient (Wildman–Crippen LogP) is 1.31. The highest BCUT2D eigenvalue weighted by atomic mass is 32.2. The van der Waals surface area contributed by atoms with Gasteiger partial charge in [-0.1, -0.05) is 0 Å². The van der Waals surface area contributed by atoms with Gasteiger partial charge in [-0.25, -0.2) is 13.6 Å². The minimum absolute atomic E-state index is 0.0569. The molecular formula is C12H18N2O3S. The number of sulfonamides is 1. The molecule has 2 rings (SSSR count). The second-order valence-electron chi connectivity index (χ2n) is 4.66. The van der Waals surface area contributed by atoms with Gasteiger partial charge in [-0.15, -0.1) is 0 Å². The number of ether oxygens (including phenoxy) is 1. The Balaban J connectivity index is 1.99. The normalized spacial score (nSPS) is 18.1. The molecule has 1 aliphatic rings. The molecular weight excluding hydrogens is 252 g/mol. The Labute approximate surface area is 107 Å². The lowest BCUT2D eigenvalue weighted by Gasteiger charge is -2.40. The van der Waals surface area contributed by atoms with E-state index in [0.29, 0.717) is 0 Å². The molecule has 1 aromatic carbocycles. The maximum Gasteiger partial charge on any atom is 0.238 e. The molecule has 3 N–H and O–H groups in total. The Morgan fingerprint density at radius 3 is 2.33 bits per heavy atom. The summed E-state index contributed by atoms with van der Waals surface area (Å²) in [5, 5.41) is 8.29. The SMILES string of the molecule is COC1(CNc2ccc(S(N)(=O)=O)cc2)CCC1. The van der Waals surface area contributed by atoms with Crippen molar-refractivity contribution in [2.75, 3.05) is 19.0 Å². The van der Waals surface area contributed by atoms with E-state index < -0.39 is 10.0 Å². The first-order valence-corrected chi connectivity index (χ1v) is 7.42. The zero-order chi connectivity index (χ0) is 13.2. The lowest BCUT2D eigenvalue weighted by molar-refractivity contribution is -0.0601. The van der Waals surface area contributed by atoms with Crippen LogP contribution in [-0.2, 0) is 14.8 Å². The van der Waals surface area contributed by atoms with Gasteiger partial charge in [0, 0.05) is 19.3 Å². The maximum atomic E-state index is 11.1. The van der Waals surface area contributed by atoms with Crippen LogP contribution in [0.5, 0.6) is 0 Å². The van der Waals surface area contributed by atoms with Gasteiger partial charge in [0.2, 0.25) is 10.0 Å². The number of anilines is 1. The maximum absolute atomic E-state index is 11.1. The van der Waals surface area contributed by atoms with E-state index in [2.05, 4.69) is 5.32 Å². The van der Waals surface area contributed by atoms with Gasteiger partial charge in [0.15, 0.2) is 0 Å². The second-order valence-corrected chi connectivity index (χ2v) is 6.23. The van der Waals surface area contributed by atoms with Crippen LogP contribution >= 0.6 is 0 Å². The molecule has 0 unspecified atom stereocenters. The molecule has 1 saturated carbocycles. The van der Waals surface area contributed by atoms with Crippen molar-refractivity contribution >= 4 is 15.7 Å². The Kier molecular flexibility index (Phi) is 3.61. The third kappa shape index (κ3) is 2.82. The van der Waals surface area contributed by atoms with E-state index in [1.165, 1.54) is 18.6 Å². The number of methoxy groups -OCH3 is 1. The fourth-order valence-electron chi connectivity index (χ4n) is 2.05. The van der Waals surface area contributed by atoms with Crippen LogP contribution in [0.15, 0.2) is 29.2 Å². The van der Waals surface area contributed by atoms with Crippen LogP contribution in [0.3, 0.4) is 0 Å². The third-order valence-electron chi connectivity index (χ3n) is 3.50. The van der Waals surface area contributed by atoms with Crippen molar-refractivity contribution in [2.45, 2.75) is 29.8 Å². The van der Waals surface area contributed by atoms with Gasteiger partial charge in [-0.05, 0) is 43.5 Å². The van der Waals surface area contributed by atoms with Crippen LogP contribution in [0.2, 0.25) is 0 Å². The van der Waals surface area contributed by atoms with E-state index >= 15 is 0 Å². The molecule has 0 saturated heterocycles. The lowest BCUT2D eigenvalue weighted by atomic mass is 9.80. The molecule has 1 fully saturated rings. The van der Waals surface area contributed by atoms with E-state index in [1.54, 1.807) is 19.2 Å². The summed E-state index contributed by atoms with van der Waals surface area (Å²) in [5.41, 5.74) is 0.809. The highest BCUT2D eigenvalue weighted by Crippen LogP contribution is 2.35. The summed E-state index contributed by atoms with van der Waals surface area (Å²) >= 11 is 0. The van der Waals surface area contributed by atoms with Crippen LogP contribution in [0.25, 0.3) is 0 Å². The van der Waals surface area contributed by atoms with E-state index in [0.717, 1.165) is 25.1 Å². The van der Waals surface area contributed by atoms with Crippen molar-refractivity contribution in [1.29, 1.82) is 0 Å². The molecule has 0 atom stereocenters. The molecule has 5 nitrogen and oxygen atoms in total. The van der Waals surface area contributed by atoms with Gasteiger partial charge in [0.05, 0.1) is 10.5 Å². The monoisotopic (exact) mass is 270 g/mol. The largest absolute Gasteiger partial charge is 0.382 e. The Hall–Kier alpha value is -1.11. The fourth-order valence-corrected chi connectivity index (χ4v) is 2.57. The molecule has 0 spiro atoms. The molecule has 6 heteroatoms. The summed E-state index contributed by atoms with van der Waals surface area (Å²) in [6, 6.07) is 6.42. The van der Waals surface area contributed by atoms with Crippen molar-refractivity contribution in [3.63, 3.8) is 0 Å². The first-order chi connectivity index (χ1) is 8.45. The van der Waals surface area contributed by atoms with Crippen LogP contribution in [0, 0.1) is 0 Å². The molecule has 1 aromatic rings. The van der Waals surface area contributed by atoms with E-state index in [9.17, 15) is 8.42 Å². The molecule has 0 aromatic heterocycles. The third-order valence-corrected chi connectivity index (χ3v) is 4.42. The van der Waals surface area contributed by atoms with Crippen molar-refractivity contribution in [3.05, 3.63) is 24.3 Å². The van der Waals surface area contributed by atoms with E-state index in [-0.39, 0.29) is 10.5 Å². The van der Waals surface area contributed by atoms with Crippen LogP contribution in [0.4, 0.5) is 5.69 Å². The van der Waals surface area contributed by atoms with Gasteiger partial charge < -0.3 is 10.1 Å². The smallest absolute Gasteiger partial charge is 0.238 e. The van der Waals surface area contributed by atoms with Gasteiger partial charge in [0.1, 0.15) is 0 Å². The van der Waals surface area contributed by atoms with Gasteiger partial charge in [0.25, 0.3) is 0 Å². The number of nitrogens with one attached hydrogen (secondary N) is 1. The Morgan fingerprint density at radius 2 is 1.94 bits per heavy atom. The summed E-state index contributed by atoms with van der Waals surface area (Å²) in [4.78, 5) is 0.123. The molecule has 0 aliphatic heterocycles. The van der Waals surface area contributed by atoms with Crippen LogP contribution < -0.4 is 10.5 Å². The van der Waals surface area contributed by atoms with Crippen molar-refractivity contribution in [1.82, 2.24) is 0 Å². The zero-order valence-electron chi connectivity index (χ0n) is 10.3. The Bertz CT molecular complexity index is 501. The highest BCUT2D eigenvalue weighted by molar-refractivity contribution is 7.89. The van der Waals surface area contributed by atoms with Crippen LogP contribution in [-0.4, -0.2) is 27.7 Å². The predicted molar refractivity (Wildman–Crippen MR) is 69.9 cm³/mol. The average molecular weight is 270 g/mol. The molecule has 0 radical (unpaired) electrons. The van der Waals surface area contributed by atoms with E-state index in [1.807, 2.05) is 0 Å². The summed E-state index contributed by atoms with van der Waals surface area (Å²) < 4.78 is 27.7. The zero-order valence-corrected chi connectivity index (χ0v) is 11.2. The second kappa shape index (κ2) is 4.87. The number of rotatable bonds is 5. The summed E-state index contributed by atoms with van der Waals surface area (Å²) in [6.07, 6.45) is 3.32. The number of primary sulfonamides is 1. The van der Waals surface area contributed by atoms with Crippen LogP contribution in [0.1, 0.15) is 19.3 Å². The lowest BCUT2D eigenvalue weighted by Crippen LogP contribution is -2.45. The molecule has 100 valence electrons. The summed E-state index contributed by atoms with van der Waals surface area (Å²) in [6.45, 7) is 0.734. The first-order valence-electron chi connectivity index (χ1n) is 5.87. The standard InChI is InChI=1S/C12H18N2O3S/c1-17-12(7-2-8-12)9-14-10-3-5-11(6-4-10)18(13,15)16/h3-6,14H,2,7-9H2,1H3,(H2,13,15,16). The van der Waals surface area contributed by atoms with E-state index in [4.69, 9.17) is 9.88 Å². The molecule has 0 bridgehead atoms. The summed E-state index contributed by atoms with van der Waals surface area (Å²) in [7, 11) is -1.89. The van der Waals surface area contributed by atoms with Gasteiger partial charge in [-0.2, -0.15) is 0 Å². The number of nitrogens with two attached hydrogens (primary N) is 1. The molecule has 0 heterocycles. The van der Waals surface area contributed by atoms with Gasteiger partial charge >= 0.3 is 0 Å². The number of hydrogen-bond donors (Lipinski definition) is 2. The van der Waals surface area contributed by atoms with Crippen molar-refractivity contribution < 1.29 is 13.2 Å². The molecule has 18 heavy (non-hydrogen) atoms. The summed E-state index contributed by atoms with van der Waals surface area (Å²) in [5.74, 6) is 0. The first kappa shape index (κ1) is 13.3.